The Balaban J connectivity index is 1.93. The molecule has 21 heavy (non-hydrogen) atoms. The Morgan fingerprint density at radius 2 is 2.19 bits per heavy atom. The minimum Gasteiger partial charge on any atom is -0.377 e. The van der Waals surface area contributed by atoms with Gasteiger partial charge in [0.2, 0.25) is 10.0 Å². The van der Waals surface area contributed by atoms with E-state index in [4.69, 9.17) is 10.5 Å². The molecule has 0 amide bonds. The largest absolute Gasteiger partial charge is 0.377 e. The van der Waals surface area contributed by atoms with Crippen LogP contribution in [-0.2, 0) is 21.3 Å². The lowest BCUT2D eigenvalue weighted by molar-refractivity contribution is 0.114. The summed E-state index contributed by atoms with van der Waals surface area (Å²) in [7, 11) is -3.57. The van der Waals surface area contributed by atoms with Gasteiger partial charge in [-0.3, -0.25) is 0 Å². The summed E-state index contributed by atoms with van der Waals surface area (Å²) >= 11 is 1.43. The number of nitrogens with one attached hydrogen (secondary N) is 1. The van der Waals surface area contributed by atoms with Gasteiger partial charge in [0.1, 0.15) is 4.90 Å². The first kappa shape index (κ1) is 14.9. The van der Waals surface area contributed by atoms with Crippen molar-refractivity contribution in [3.63, 3.8) is 0 Å². The Morgan fingerprint density at radius 1 is 1.38 bits per heavy atom. The second-order valence-electron chi connectivity index (χ2n) is 5.04. The molecule has 0 bridgehead atoms. The van der Waals surface area contributed by atoms with Crippen LogP contribution in [0.1, 0.15) is 17.7 Å². The predicted octanol–water partition coefficient (Wildman–Crippen LogP) is 1.82. The van der Waals surface area contributed by atoms with Crippen LogP contribution in [0.4, 0.5) is 0 Å². The van der Waals surface area contributed by atoms with Gasteiger partial charge in [0.25, 0.3) is 0 Å². The summed E-state index contributed by atoms with van der Waals surface area (Å²) in [6.07, 6.45) is 1.87. The molecule has 2 heterocycles. The highest BCUT2D eigenvalue weighted by Gasteiger charge is 2.25. The molecular weight excluding hydrogens is 308 g/mol. The van der Waals surface area contributed by atoms with Crippen molar-refractivity contribution in [3.8, 4) is 0 Å². The number of nitrogens with two attached hydrogens (primary N) is 1. The Labute approximate surface area is 128 Å². The van der Waals surface area contributed by atoms with Crippen molar-refractivity contribution in [2.75, 3.05) is 13.2 Å². The van der Waals surface area contributed by atoms with Gasteiger partial charge in [0.15, 0.2) is 0 Å². The fourth-order valence-corrected chi connectivity index (χ4v) is 5.48. The molecule has 1 fully saturated rings. The van der Waals surface area contributed by atoms with Crippen molar-refractivity contribution >= 4 is 31.4 Å². The lowest BCUT2D eigenvalue weighted by atomic mass is 10.2. The van der Waals surface area contributed by atoms with Gasteiger partial charge in [-0.2, -0.15) is 0 Å². The highest BCUT2D eigenvalue weighted by atomic mass is 32.2. The minimum absolute atomic E-state index is 0.0222. The van der Waals surface area contributed by atoms with Crippen molar-refractivity contribution in [1.82, 2.24) is 4.72 Å². The highest BCUT2D eigenvalue weighted by molar-refractivity contribution is 7.90. The van der Waals surface area contributed by atoms with Gasteiger partial charge in [0.05, 0.1) is 6.10 Å². The van der Waals surface area contributed by atoms with Crippen LogP contribution in [0, 0.1) is 0 Å². The van der Waals surface area contributed by atoms with Gasteiger partial charge >= 0.3 is 0 Å². The summed E-state index contributed by atoms with van der Waals surface area (Å²) in [4.78, 5) is 1.01. The summed E-state index contributed by atoms with van der Waals surface area (Å²) in [5, 5.41) is 0.739. The molecule has 1 aliphatic heterocycles. The van der Waals surface area contributed by atoms with Crippen molar-refractivity contribution < 1.29 is 13.2 Å². The van der Waals surface area contributed by atoms with Gasteiger partial charge in [-0.05, 0) is 18.9 Å². The van der Waals surface area contributed by atoms with Gasteiger partial charge in [-0.1, -0.05) is 18.2 Å². The summed E-state index contributed by atoms with van der Waals surface area (Å²) < 4.78 is 34.3. The number of hydrogen-bond donors (Lipinski definition) is 2. The first-order valence-corrected chi connectivity index (χ1v) is 9.23. The minimum atomic E-state index is -3.57. The molecular formula is C14H18N2O3S2. The van der Waals surface area contributed by atoms with E-state index in [1.54, 1.807) is 0 Å². The zero-order valence-electron chi connectivity index (χ0n) is 11.5. The fourth-order valence-electron chi connectivity index (χ4n) is 2.58. The maximum Gasteiger partial charge on any atom is 0.242 e. The van der Waals surface area contributed by atoms with Crippen molar-refractivity contribution in [2.45, 2.75) is 30.4 Å². The molecule has 1 saturated heterocycles. The molecule has 3 rings (SSSR count). The molecule has 2 aromatic rings. The van der Waals surface area contributed by atoms with E-state index < -0.39 is 10.0 Å². The molecule has 0 aliphatic carbocycles. The van der Waals surface area contributed by atoms with Crippen molar-refractivity contribution in [1.29, 1.82) is 0 Å². The molecule has 7 heteroatoms. The predicted molar refractivity (Wildman–Crippen MR) is 83.9 cm³/mol. The van der Waals surface area contributed by atoms with Crippen molar-refractivity contribution in [3.05, 3.63) is 29.1 Å². The van der Waals surface area contributed by atoms with Crippen LogP contribution in [0.3, 0.4) is 0 Å². The van der Waals surface area contributed by atoms with E-state index in [0.717, 1.165) is 22.9 Å². The summed E-state index contributed by atoms with van der Waals surface area (Å²) in [5.41, 5.74) is 5.72. The second kappa shape index (κ2) is 6.02. The molecule has 1 aliphatic rings. The van der Waals surface area contributed by atoms with Crippen LogP contribution in [0.15, 0.2) is 29.2 Å². The van der Waals surface area contributed by atoms with Gasteiger partial charge in [-0.15, -0.1) is 11.3 Å². The number of thiophene rings is 1. The molecule has 3 N–H and O–H groups in total. The van der Waals surface area contributed by atoms with Crippen LogP contribution < -0.4 is 10.5 Å². The first-order chi connectivity index (χ1) is 10.1. The molecule has 0 radical (unpaired) electrons. The van der Waals surface area contributed by atoms with E-state index in [2.05, 4.69) is 4.72 Å². The SMILES string of the molecule is NCc1sc2ccccc2c1S(=O)(=O)NCC1CCCO1. The van der Waals surface area contributed by atoms with Gasteiger partial charge in [-0.25, -0.2) is 13.1 Å². The second-order valence-corrected chi connectivity index (χ2v) is 7.88. The van der Waals surface area contributed by atoms with Crippen LogP contribution in [0.5, 0.6) is 0 Å². The number of rotatable bonds is 5. The normalized spacial score (nSPS) is 19.4. The first-order valence-electron chi connectivity index (χ1n) is 6.93. The average molecular weight is 326 g/mol. The lowest BCUT2D eigenvalue weighted by Crippen LogP contribution is -2.32. The molecule has 1 aromatic carbocycles. The molecule has 114 valence electrons. The van der Waals surface area contributed by atoms with E-state index in [1.807, 2.05) is 24.3 Å². The van der Waals surface area contributed by atoms with Gasteiger partial charge in [0, 0.05) is 34.7 Å². The zero-order chi connectivity index (χ0) is 14.9. The summed E-state index contributed by atoms with van der Waals surface area (Å²) in [6, 6.07) is 7.48. The molecule has 1 atom stereocenters. The monoisotopic (exact) mass is 326 g/mol. The van der Waals surface area contributed by atoms with Crippen LogP contribution >= 0.6 is 11.3 Å². The molecule has 1 aromatic heterocycles. The summed E-state index contributed by atoms with van der Waals surface area (Å²) in [6.45, 7) is 1.24. The average Bonchev–Trinajstić information content (AvgIpc) is 3.12. The van der Waals surface area contributed by atoms with E-state index in [-0.39, 0.29) is 12.6 Å². The van der Waals surface area contributed by atoms with E-state index >= 15 is 0 Å². The van der Waals surface area contributed by atoms with E-state index in [1.165, 1.54) is 11.3 Å². The fraction of sp³-hybridized carbons (Fsp3) is 0.429. The molecule has 1 unspecified atom stereocenters. The Hall–Kier alpha value is -0.990. The Kier molecular flexibility index (Phi) is 4.28. The number of benzene rings is 1. The third-order valence-electron chi connectivity index (χ3n) is 3.60. The number of hydrogen-bond acceptors (Lipinski definition) is 5. The number of ether oxygens (including phenoxy) is 1. The maximum atomic E-state index is 12.6. The topological polar surface area (TPSA) is 81.4 Å². The highest BCUT2D eigenvalue weighted by Crippen LogP contribution is 2.34. The van der Waals surface area contributed by atoms with Crippen LogP contribution in [-0.4, -0.2) is 27.7 Å². The van der Waals surface area contributed by atoms with Gasteiger partial charge < -0.3 is 10.5 Å². The smallest absolute Gasteiger partial charge is 0.242 e. The number of fused-ring (bicyclic) bond motifs is 1. The number of sulfonamides is 1. The summed E-state index contributed by atoms with van der Waals surface area (Å²) in [5.74, 6) is 0. The van der Waals surface area contributed by atoms with E-state index in [0.29, 0.717) is 22.9 Å². The molecule has 0 spiro atoms. The van der Waals surface area contributed by atoms with Crippen LogP contribution in [0.2, 0.25) is 0 Å². The lowest BCUT2D eigenvalue weighted by Gasteiger charge is -2.12. The third-order valence-corrected chi connectivity index (χ3v) is 6.47. The van der Waals surface area contributed by atoms with Crippen LogP contribution in [0.25, 0.3) is 10.1 Å². The standard InChI is InChI=1S/C14H18N2O3S2/c15-8-13-14(11-5-1-2-6-12(11)20-13)21(17,18)16-9-10-4-3-7-19-10/h1-2,5-6,10,16H,3-4,7-9,15H2. The zero-order valence-corrected chi connectivity index (χ0v) is 13.2. The Bertz CT molecular complexity index is 734. The Morgan fingerprint density at radius 3 is 2.90 bits per heavy atom. The molecule has 5 nitrogen and oxygen atoms in total. The molecule has 0 saturated carbocycles. The van der Waals surface area contributed by atoms with Crippen molar-refractivity contribution in [2.24, 2.45) is 5.73 Å². The van der Waals surface area contributed by atoms with E-state index in [9.17, 15) is 8.42 Å². The maximum absolute atomic E-state index is 12.6. The third kappa shape index (κ3) is 2.97. The quantitative estimate of drug-likeness (QED) is 0.878.